The predicted octanol–water partition coefficient (Wildman–Crippen LogP) is 5.18. The molecule has 0 radical (unpaired) electrons. The minimum atomic E-state index is -4.04. The van der Waals surface area contributed by atoms with Crippen LogP contribution in [0.25, 0.3) is 11.1 Å². The van der Waals surface area contributed by atoms with Gasteiger partial charge in [0.2, 0.25) is 5.91 Å². The second-order valence-corrected chi connectivity index (χ2v) is 13.1. The number of likely N-dealkylation sites (N-methyl/N-ethyl adjacent to an activating group) is 1. The summed E-state index contributed by atoms with van der Waals surface area (Å²) in [5, 5.41) is 3.87. The highest BCUT2D eigenvalue weighted by Crippen LogP contribution is 2.33. The largest absolute Gasteiger partial charge is 0.377 e. The second kappa shape index (κ2) is 14.9. The standard InChI is InChI=1S/C34H43N5O6S/c1-8-10-15-31-35-23(4)29(19-32(40)38(6)7)34(41)39(31)20-25-16-17-27(26(18-25)21-44-9-2)28-13-11-12-14-30(28)46(42,43)37-33-22(3)24(5)45-36-33/h11-14,16-18H,8-10,15,19-21H2,1-7H3,(H,36,37). The Morgan fingerprint density at radius 3 is 2.46 bits per heavy atom. The van der Waals surface area contributed by atoms with E-state index in [-0.39, 0.29) is 41.8 Å². The van der Waals surface area contributed by atoms with Gasteiger partial charge in [0.05, 0.1) is 24.5 Å². The maximum absolute atomic E-state index is 13.9. The molecule has 0 spiro atoms. The Labute approximate surface area is 270 Å². The fraction of sp³-hybridized carbons (Fsp3) is 0.412. The van der Waals surface area contributed by atoms with Crippen molar-refractivity contribution in [3.8, 4) is 11.1 Å². The third kappa shape index (κ3) is 7.73. The van der Waals surface area contributed by atoms with E-state index in [9.17, 15) is 18.0 Å². The molecule has 0 aliphatic carbocycles. The number of carbonyl (C=O) groups excluding carboxylic acids is 1. The maximum Gasteiger partial charge on any atom is 0.263 e. The Kier molecular flexibility index (Phi) is 11.2. The molecule has 2 aromatic heterocycles. The summed E-state index contributed by atoms with van der Waals surface area (Å²) in [6.45, 7) is 10.1. The third-order valence-electron chi connectivity index (χ3n) is 7.96. The van der Waals surface area contributed by atoms with Crippen molar-refractivity contribution in [3.63, 3.8) is 0 Å². The second-order valence-electron chi connectivity index (χ2n) is 11.5. The number of unbranched alkanes of at least 4 members (excludes halogenated alkanes) is 1. The molecule has 0 bridgehead atoms. The summed E-state index contributed by atoms with van der Waals surface area (Å²) >= 11 is 0. The molecule has 246 valence electrons. The van der Waals surface area contributed by atoms with Crippen LogP contribution in [0, 0.1) is 20.8 Å². The van der Waals surface area contributed by atoms with Crippen LogP contribution in [0.5, 0.6) is 0 Å². The van der Waals surface area contributed by atoms with E-state index in [1.54, 1.807) is 63.7 Å². The van der Waals surface area contributed by atoms with Gasteiger partial charge in [-0.15, -0.1) is 0 Å². The van der Waals surface area contributed by atoms with Crippen molar-refractivity contribution in [3.05, 3.63) is 92.4 Å². The molecular weight excluding hydrogens is 606 g/mol. The van der Waals surface area contributed by atoms with E-state index in [1.165, 1.54) is 4.90 Å². The van der Waals surface area contributed by atoms with Gasteiger partial charge in [0.25, 0.3) is 15.6 Å². The van der Waals surface area contributed by atoms with Gasteiger partial charge in [-0.2, -0.15) is 0 Å². The predicted molar refractivity (Wildman–Crippen MR) is 177 cm³/mol. The number of anilines is 1. The first kappa shape index (κ1) is 34.6. The number of carbonyl (C=O) groups is 1. The van der Waals surface area contributed by atoms with Gasteiger partial charge >= 0.3 is 0 Å². The lowest BCUT2D eigenvalue weighted by molar-refractivity contribution is -0.128. The number of sulfonamides is 1. The molecule has 0 saturated heterocycles. The average Bonchev–Trinajstić information content (AvgIpc) is 3.34. The smallest absolute Gasteiger partial charge is 0.263 e. The summed E-state index contributed by atoms with van der Waals surface area (Å²) in [4.78, 5) is 32.7. The number of rotatable bonds is 14. The molecule has 0 atom stereocenters. The summed E-state index contributed by atoms with van der Waals surface area (Å²) in [5.41, 5.74) is 4.09. The van der Waals surface area contributed by atoms with Gasteiger partial charge in [-0.3, -0.25) is 18.9 Å². The molecule has 4 rings (SSSR count). The number of aromatic nitrogens is 3. The van der Waals surface area contributed by atoms with E-state index in [1.807, 2.05) is 25.1 Å². The zero-order valence-electron chi connectivity index (χ0n) is 27.6. The molecule has 2 aromatic carbocycles. The monoisotopic (exact) mass is 649 g/mol. The highest BCUT2D eigenvalue weighted by molar-refractivity contribution is 7.92. The molecule has 0 fully saturated rings. The van der Waals surface area contributed by atoms with Crippen molar-refractivity contribution in [2.24, 2.45) is 0 Å². The van der Waals surface area contributed by atoms with E-state index >= 15 is 0 Å². The van der Waals surface area contributed by atoms with Crippen LogP contribution in [0.3, 0.4) is 0 Å². The highest BCUT2D eigenvalue weighted by atomic mass is 32.2. The van der Waals surface area contributed by atoms with Gasteiger partial charge in [-0.25, -0.2) is 13.4 Å². The molecule has 1 N–H and O–H groups in total. The van der Waals surface area contributed by atoms with Crippen LogP contribution in [0.2, 0.25) is 0 Å². The summed E-state index contributed by atoms with van der Waals surface area (Å²) in [6.07, 6.45) is 2.40. The average molecular weight is 650 g/mol. The Balaban J connectivity index is 1.79. The minimum absolute atomic E-state index is 0.0278. The van der Waals surface area contributed by atoms with Crippen LogP contribution in [0.4, 0.5) is 5.82 Å². The lowest BCUT2D eigenvalue weighted by Gasteiger charge is -2.19. The number of aryl methyl sites for hydroxylation is 3. The molecule has 0 aliphatic heterocycles. The molecular formula is C34H43N5O6S. The topological polar surface area (TPSA) is 137 Å². The number of nitrogens with zero attached hydrogens (tertiary/aromatic N) is 4. The van der Waals surface area contributed by atoms with Crippen LogP contribution >= 0.6 is 0 Å². The van der Waals surface area contributed by atoms with Crippen molar-refractivity contribution in [2.75, 3.05) is 25.4 Å². The van der Waals surface area contributed by atoms with Gasteiger partial charge < -0.3 is 14.2 Å². The number of ether oxygens (including phenoxy) is 1. The van der Waals surface area contributed by atoms with Gasteiger partial charge in [0.1, 0.15) is 11.6 Å². The van der Waals surface area contributed by atoms with Crippen LogP contribution in [-0.2, 0) is 45.5 Å². The lowest BCUT2D eigenvalue weighted by Crippen LogP contribution is -2.33. The Bertz CT molecular complexity index is 1880. The quantitative estimate of drug-likeness (QED) is 0.197. The van der Waals surface area contributed by atoms with Gasteiger partial charge in [-0.1, -0.05) is 54.9 Å². The van der Waals surface area contributed by atoms with Crippen LogP contribution in [0.1, 0.15) is 66.2 Å². The SMILES string of the molecule is CCCCc1nc(C)c(CC(=O)N(C)C)c(=O)n1Cc1ccc(-c2ccccc2S(=O)(=O)Nc2noc(C)c2C)c(COCC)c1. The normalized spacial score (nSPS) is 11.5. The van der Waals surface area contributed by atoms with E-state index in [4.69, 9.17) is 14.2 Å². The summed E-state index contributed by atoms with van der Waals surface area (Å²) in [6, 6.07) is 12.4. The first-order valence-electron chi connectivity index (χ1n) is 15.4. The fourth-order valence-corrected chi connectivity index (χ4v) is 6.38. The maximum atomic E-state index is 13.9. The number of hydrogen-bond donors (Lipinski definition) is 1. The summed E-state index contributed by atoms with van der Waals surface area (Å²) in [5.74, 6) is 1.16. The fourth-order valence-electron chi connectivity index (χ4n) is 5.10. The third-order valence-corrected chi connectivity index (χ3v) is 9.35. The first-order chi connectivity index (χ1) is 21.9. The Morgan fingerprint density at radius 2 is 1.80 bits per heavy atom. The number of hydrogen-bond acceptors (Lipinski definition) is 8. The van der Waals surface area contributed by atoms with Crippen LogP contribution in [-0.4, -0.2) is 54.6 Å². The zero-order chi connectivity index (χ0) is 33.6. The lowest BCUT2D eigenvalue weighted by atomic mass is 9.97. The molecule has 11 nitrogen and oxygen atoms in total. The van der Waals surface area contributed by atoms with Gasteiger partial charge in [0, 0.05) is 49.5 Å². The van der Waals surface area contributed by atoms with Crippen LogP contribution in [0.15, 0.2) is 56.7 Å². The molecule has 4 aromatic rings. The van der Waals surface area contributed by atoms with E-state index in [2.05, 4.69) is 16.8 Å². The Morgan fingerprint density at radius 1 is 1.07 bits per heavy atom. The molecule has 2 heterocycles. The van der Waals surface area contributed by atoms with Gasteiger partial charge in [-0.05, 0) is 56.9 Å². The number of nitrogens with one attached hydrogen (secondary N) is 1. The Hall–Kier alpha value is -4.29. The van der Waals surface area contributed by atoms with Crippen molar-refractivity contribution >= 4 is 21.7 Å². The first-order valence-corrected chi connectivity index (χ1v) is 16.9. The summed E-state index contributed by atoms with van der Waals surface area (Å²) in [7, 11) is -0.714. The zero-order valence-corrected chi connectivity index (χ0v) is 28.5. The van der Waals surface area contributed by atoms with E-state index < -0.39 is 10.0 Å². The van der Waals surface area contributed by atoms with E-state index in [0.717, 1.165) is 24.0 Å². The van der Waals surface area contributed by atoms with Crippen molar-refractivity contribution in [2.45, 2.75) is 78.3 Å². The minimum Gasteiger partial charge on any atom is -0.377 e. The summed E-state index contributed by atoms with van der Waals surface area (Å²) < 4.78 is 42.5. The van der Waals surface area contributed by atoms with Crippen molar-refractivity contribution in [1.82, 2.24) is 19.6 Å². The number of amides is 1. The molecule has 1 amide bonds. The molecule has 0 unspecified atom stereocenters. The molecule has 46 heavy (non-hydrogen) atoms. The van der Waals surface area contributed by atoms with E-state index in [0.29, 0.717) is 52.6 Å². The van der Waals surface area contributed by atoms with Gasteiger partial charge in [0.15, 0.2) is 5.82 Å². The highest BCUT2D eigenvalue weighted by Gasteiger charge is 2.24. The van der Waals surface area contributed by atoms with Crippen LogP contribution < -0.4 is 10.3 Å². The molecule has 0 saturated carbocycles. The number of benzene rings is 2. The molecule has 12 heteroatoms. The molecule has 0 aliphatic rings. The van der Waals surface area contributed by atoms with Crippen molar-refractivity contribution in [1.29, 1.82) is 0 Å². The van der Waals surface area contributed by atoms with Crippen molar-refractivity contribution < 1.29 is 22.5 Å².